The predicted octanol–water partition coefficient (Wildman–Crippen LogP) is 1.12. The number of fused-ring (bicyclic) bond motifs is 2. The van der Waals surface area contributed by atoms with E-state index in [-0.39, 0.29) is 17.4 Å². The van der Waals surface area contributed by atoms with E-state index in [4.69, 9.17) is 0 Å². The van der Waals surface area contributed by atoms with E-state index < -0.39 is 5.66 Å². The number of H-pyrrole nitrogens is 1. The van der Waals surface area contributed by atoms with E-state index in [1.165, 1.54) is 16.8 Å². The molecule has 1 spiro atoms. The first-order valence-electron chi connectivity index (χ1n) is 9.53. The molecule has 148 valence electrons. The summed E-state index contributed by atoms with van der Waals surface area (Å²) in [7, 11) is 0. The Bertz CT molecular complexity index is 1210. The van der Waals surface area contributed by atoms with Gasteiger partial charge in [-0.2, -0.15) is 0 Å². The minimum atomic E-state index is -0.717. The normalized spacial score (nSPS) is 21.0. The number of likely N-dealkylation sites (tertiary alicyclic amines) is 1. The first kappa shape index (κ1) is 17.5. The van der Waals surface area contributed by atoms with E-state index in [1.54, 1.807) is 17.9 Å². The molecular formula is C20H20N6O3. The van der Waals surface area contributed by atoms with E-state index in [9.17, 15) is 14.4 Å². The van der Waals surface area contributed by atoms with Crippen molar-refractivity contribution < 1.29 is 9.59 Å². The van der Waals surface area contributed by atoms with Crippen LogP contribution in [0.25, 0.3) is 5.65 Å². The second-order valence-corrected chi connectivity index (χ2v) is 7.62. The van der Waals surface area contributed by atoms with Crippen molar-refractivity contribution in [3.8, 4) is 0 Å². The average Bonchev–Trinajstić information content (AvgIpc) is 3.11. The first-order valence-corrected chi connectivity index (χ1v) is 9.53. The molecule has 4 heterocycles. The van der Waals surface area contributed by atoms with E-state index in [1.807, 2.05) is 18.2 Å². The van der Waals surface area contributed by atoms with Gasteiger partial charge >= 0.3 is 0 Å². The lowest BCUT2D eigenvalue weighted by Gasteiger charge is -2.46. The number of anilines is 1. The Kier molecular flexibility index (Phi) is 3.73. The number of nitrogens with zero attached hydrogens (tertiary/aromatic N) is 3. The molecule has 0 radical (unpaired) electrons. The number of rotatable bonds is 1. The molecule has 9 heteroatoms. The number of aromatic amines is 1. The third-order valence-corrected chi connectivity index (χ3v) is 5.53. The average molecular weight is 392 g/mol. The molecule has 9 nitrogen and oxygen atoms in total. The minimum Gasteiger partial charge on any atom is -0.361 e. The van der Waals surface area contributed by atoms with Crippen LogP contribution in [0.2, 0.25) is 0 Å². The van der Waals surface area contributed by atoms with Gasteiger partial charge in [-0.05, 0) is 31.9 Å². The second-order valence-electron chi connectivity index (χ2n) is 7.62. The fourth-order valence-electron chi connectivity index (χ4n) is 4.22. The molecule has 2 aliphatic rings. The molecule has 1 aromatic carbocycles. The Labute approximate surface area is 165 Å². The van der Waals surface area contributed by atoms with E-state index in [0.29, 0.717) is 42.0 Å². The number of carbonyl (C=O) groups excluding carboxylic acids is 2. The lowest BCUT2D eigenvalue weighted by molar-refractivity contribution is 0.0594. The summed E-state index contributed by atoms with van der Waals surface area (Å²) >= 11 is 0. The monoisotopic (exact) mass is 392 g/mol. The van der Waals surface area contributed by atoms with Crippen LogP contribution in [0.5, 0.6) is 0 Å². The maximum atomic E-state index is 13.3. The van der Waals surface area contributed by atoms with Crippen molar-refractivity contribution in [2.24, 2.45) is 0 Å². The molecule has 2 amide bonds. The zero-order valence-corrected chi connectivity index (χ0v) is 15.9. The highest BCUT2D eigenvalue weighted by Gasteiger charge is 2.42. The number of piperidine rings is 1. The molecule has 0 bridgehead atoms. The summed E-state index contributed by atoms with van der Waals surface area (Å²) in [5, 5.41) is 9.28. The summed E-state index contributed by atoms with van der Waals surface area (Å²) < 4.78 is 1.26. The fraction of sp³-hybridized carbons (Fsp3) is 0.300. The number of nitrogens with one attached hydrogen (secondary N) is 3. The van der Waals surface area contributed by atoms with Crippen LogP contribution >= 0.6 is 0 Å². The van der Waals surface area contributed by atoms with Crippen LogP contribution in [0.3, 0.4) is 0 Å². The second kappa shape index (κ2) is 6.20. The maximum Gasteiger partial charge on any atom is 0.272 e. The van der Waals surface area contributed by atoms with Crippen LogP contribution in [-0.2, 0) is 0 Å². The van der Waals surface area contributed by atoms with Gasteiger partial charge in [0, 0.05) is 30.2 Å². The third-order valence-electron chi connectivity index (χ3n) is 5.53. The van der Waals surface area contributed by atoms with E-state index in [2.05, 4.69) is 20.7 Å². The Hall–Kier alpha value is -3.62. The van der Waals surface area contributed by atoms with Crippen LogP contribution in [0.1, 0.15) is 39.3 Å². The van der Waals surface area contributed by atoms with Crippen molar-refractivity contribution in [2.75, 3.05) is 18.4 Å². The predicted molar refractivity (Wildman–Crippen MR) is 106 cm³/mol. The lowest BCUT2D eigenvalue weighted by Crippen LogP contribution is -2.66. The number of hydrogen-bond acceptors (Lipinski definition) is 5. The summed E-state index contributed by atoms with van der Waals surface area (Å²) in [6.07, 6.45) is 2.95. The third kappa shape index (κ3) is 2.77. The van der Waals surface area contributed by atoms with Gasteiger partial charge in [-0.15, -0.1) is 0 Å². The maximum absolute atomic E-state index is 13.3. The Morgan fingerprint density at radius 2 is 2.03 bits per heavy atom. The zero-order chi connectivity index (χ0) is 20.2. The van der Waals surface area contributed by atoms with Gasteiger partial charge in [0.15, 0.2) is 5.65 Å². The summed E-state index contributed by atoms with van der Waals surface area (Å²) in [5.74, 6) is -0.375. The smallest absolute Gasteiger partial charge is 0.272 e. The van der Waals surface area contributed by atoms with Crippen LogP contribution in [0.15, 0.2) is 41.3 Å². The highest BCUT2D eigenvalue weighted by molar-refractivity contribution is 6.03. The molecular weight excluding hydrogens is 372 g/mol. The van der Waals surface area contributed by atoms with Crippen molar-refractivity contribution >= 4 is 23.1 Å². The molecule has 5 rings (SSSR count). The molecule has 0 saturated carbocycles. The van der Waals surface area contributed by atoms with Crippen molar-refractivity contribution in [1.29, 1.82) is 0 Å². The number of hydrogen-bond donors (Lipinski definition) is 3. The standard InChI is InChI=1S/C20H20N6O3/c1-12-9-16(27)26-17(22-12)14(10-21-26)19(29)25-8-4-7-20(11-25)23-15-6-3-2-5-13(15)18(28)24-20/h2-3,5-6,9-10,21,23H,4,7-8,11H2,1H3,(H,24,28). The Morgan fingerprint density at radius 1 is 1.21 bits per heavy atom. The zero-order valence-electron chi connectivity index (χ0n) is 15.9. The van der Waals surface area contributed by atoms with Crippen LogP contribution < -0.4 is 16.2 Å². The number of carbonyl (C=O) groups is 2. The number of aromatic nitrogens is 3. The van der Waals surface area contributed by atoms with Gasteiger partial charge in [-0.3, -0.25) is 19.5 Å². The van der Waals surface area contributed by atoms with E-state index in [0.717, 1.165) is 12.1 Å². The summed E-state index contributed by atoms with van der Waals surface area (Å²) in [4.78, 5) is 44.0. The van der Waals surface area contributed by atoms with Gasteiger partial charge in [0.05, 0.1) is 12.1 Å². The number of aryl methyl sites for hydroxylation is 1. The first-order chi connectivity index (χ1) is 14.0. The summed E-state index contributed by atoms with van der Waals surface area (Å²) in [5.41, 5.74) is 1.58. The van der Waals surface area contributed by atoms with Gasteiger partial charge in [-0.1, -0.05) is 12.1 Å². The highest BCUT2D eigenvalue weighted by atomic mass is 16.2. The van der Waals surface area contributed by atoms with Crippen LogP contribution in [-0.4, -0.2) is 50.1 Å². The minimum absolute atomic E-state index is 0.149. The Morgan fingerprint density at radius 3 is 2.90 bits per heavy atom. The molecule has 0 aliphatic carbocycles. The summed E-state index contributed by atoms with van der Waals surface area (Å²) in [6, 6.07) is 8.75. The molecule has 2 aromatic heterocycles. The molecule has 3 aromatic rings. The number of benzene rings is 1. The van der Waals surface area contributed by atoms with Gasteiger partial charge in [0.25, 0.3) is 17.4 Å². The van der Waals surface area contributed by atoms with Crippen molar-refractivity contribution in [3.63, 3.8) is 0 Å². The summed E-state index contributed by atoms with van der Waals surface area (Å²) in [6.45, 7) is 2.60. The molecule has 1 fully saturated rings. The molecule has 1 saturated heterocycles. The quantitative estimate of drug-likeness (QED) is 0.575. The van der Waals surface area contributed by atoms with Crippen molar-refractivity contribution in [3.05, 3.63) is 63.7 Å². The number of amides is 2. The molecule has 1 atom stereocenters. The molecule has 3 N–H and O–H groups in total. The van der Waals surface area contributed by atoms with Crippen molar-refractivity contribution in [1.82, 2.24) is 24.8 Å². The molecule has 1 unspecified atom stereocenters. The molecule has 2 aliphatic heterocycles. The van der Waals surface area contributed by atoms with Gasteiger partial charge < -0.3 is 15.5 Å². The van der Waals surface area contributed by atoms with Crippen LogP contribution in [0.4, 0.5) is 5.69 Å². The topological polar surface area (TPSA) is 112 Å². The number of para-hydroxylation sites is 1. The SMILES string of the molecule is Cc1cc(=O)n2[nH]cc(C(=O)N3CCCC4(C3)NC(=O)c3ccccc3N4)c2n1. The fourth-order valence-corrected chi connectivity index (χ4v) is 4.22. The molecule has 29 heavy (non-hydrogen) atoms. The van der Waals surface area contributed by atoms with Gasteiger partial charge in [0.1, 0.15) is 11.2 Å². The lowest BCUT2D eigenvalue weighted by atomic mass is 9.93. The van der Waals surface area contributed by atoms with E-state index >= 15 is 0 Å². The van der Waals surface area contributed by atoms with Crippen LogP contribution in [0, 0.1) is 6.92 Å². The van der Waals surface area contributed by atoms with Crippen molar-refractivity contribution in [2.45, 2.75) is 25.4 Å². The van der Waals surface area contributed by atoms with Gasteiger partial charge in [-0.25, -0.2) is 9.50 Å². The van der Waals surface area contributed by atoms with Gasteiger partial charge in [0.2, 0.25) is 0 Å². The Balaban J connectivity index is 1.47. The highest BCUT2D eigenvalue weighted by Crippen LogP contribution is 2.31. The largest absolute Gasteiger partial charge is 0.361 e.